The van der Waals surface area contributed by atoms with Gasteiger partial charge in [0.25, 0.3) is 5.69 Å². The maximum atomic E-state index is 13.0. The van der Waals surface area contributed by atoms with Gasteiger partial charge in [-0.05, 0) is 46.3 Å². The van der Waals surface area contributed by atoms with Crippen LogP contribution in [-0.4, -0.2) is 20.6 Å². The van der Waals surface area contributed by atoms with E-state index < -0.39 is 28.9 Å². The highest BCUT2D eigenvalue weighted by molar-refractivity contribution is 9.10. The molecule has 0 aliphatic heterocycles. The van der Waals surface area contributed by atoms with Crippen molar-refractivity contribution in [2.75, 3.05) is 5.32 Å². The summed E-state index contributed by atoms with van der Waals surface area (Å²) in [7, 11) is 0. The SMILES string of the molecule is O=C(Cn1nc(-c2ccc(F)cc2)oc1=O)Nc1ccc([N+](=O)[O-])cc1Br. The van der Waals surface area contributed by atoms with E-state index in [1.54, 1.807) is 0 Å². The molecule has 3 aromatic rings. The normalized spacial score (nSPS) is 10.6. The number of benzene rings is 2. The number of carbonyl (C=O) groups excluding carboxylic acids is 1. The average molecular weight is 437 g/mol. The lowest BCUT2D eigenvalue weighted by Gasteiger charge is -2.06. The Labute approximate surface area is 158 Å². The van der Waals surface area contributed by atoms with Crippen molar-refractivity contribution in [3.8, 4) is 11.5 Å². The molecule has 1 heterocycles. The summed E-state index contributed by atoms with van der Waals surface area (Å²) >= 11 is 3.13. The van der Waals surface area contributed by atoms with Crippen molar-refractivity contribution in [2.45, 2.75) is 6.54 Å². The average Bonchev–Trinajstić information content (AvgIpc) is 2.97. The number of carbonyl (C=O) groups is 1. The third-order valence-corrected chi connectivity index (χ3v) is 4.08. The lowest BCUT2D eigenvalue weighted by molar-refractivity contribution is -0.384. The van der Waals surface area contributed by atoms with E-state index in [1.165, 1.54) is 42.5 Å². The molecule has 0 unspecified atom stereocenters. The Bertz CT molecular complexity index is 1080. The molecule has 27 heavy (non-hydrogen) atoms. The van der Waals surface area contributed by atoms with Gasteiger partial charge in [-0.25, -0.2) is 9.18 Å². The maximum absolute atomic E-state index is 13.0. The number of nitro benzene ring substituents is 1. The minimum absolute atomic E-state index is 0.0516. The number of anilines is 1. The van der Waals surface area contributed by atoms with Crippen LogP contribution in [0.4, 0.5) is 15.8 Å². The standard InChI is InChI=1S/C16H10BrFN4O5/c17-12-7-11(22(25)26)5-6-13(12)19-14(23)8-21-16(24)27-15(20-21)9-1-3-10(18)4-2-9/h1-7H,8H2,(H,19,23). The molecule has 11 heteroatoms. The van der Waals surface area contributed by atoms with E-state index in [4.69, 9.17) is 4.42 Å². The fraction of sp³-hybridized carbons (Fsp3) is 0.0625. The number of non-ortho nitro benzene ring substituents is 1. The van der Waals surface area contributed by atoms with Gasteiger partial charge in [0.05, 0.1) is 10.6 Å². The highest BCUT2D eigenvalue weighted by atomic mass is 79.9. The first kappa shape index (κ1) is 18.5. The number of nitro groups is 1. The largest absolute Gasteiger partial charge is 0.437 e. The second-order valence-corrected chi connectivity index (χ2v) is 6.16. The van der Waals surface area contributed by atoms with Gasteiger partial charge in [0, 0.05) is 22.2 Å². The molecule has 138 valence electrons. The first-order valence-corrected chi connectivity index (χ1v) is 8.20. The zero-order chi connectivity index (χ0) is 19.6. The molecular formula is C16H10BrFN4O5. The van der Waals surface area contributed by atoms with Crippen LogP contribution in [0.2, 0.25) is 0 Å². The molecule has 3 rings (SSSR count). The zero-order valence-corrected chi connectivity index (χ0v) is 15.0. The smallest absolute Gasteiger partial charge is 0.388 e. The summed E-state index contributed by atoms with van der Waals surface area (Å²) in [4.78, 5) is 34.1. The van der Waals surface area contributed by atoms with Gasteiger partial charge in [0.15, 0.2) is 0 Å². The Balaban J connectivity index is 1.74. The fourth-order valence-corrected chi connectivity index (χ4v) is 2.63. The Morgan fingerprint density at radius 2 is 2.00 bits per heavy atom. The summed E-state index contributed by atoms with van der Waals surface area (Å²) in [5.41, 5.74) is 0.531. The molecule has 0 bridgehead atoms. The van der Waals surface area contributed by atoms with Gasteiger partial charge >= 0.3 is 5.76 Å². The number of hydrogen-bond donors (Lipinski definition) is 1. The molecule has 0 fully saturated rings. The third-order valence-electron chi connectivity index (χ3n) is 3.43. The van der Waals surface area contributed by atoms with Crippen LogP contribution in [0.3, 0.4) is 0 Å². The van der Waals surface area contributed by atoms with Crippen molar-refractivity contribution in [1.82, 2.24) is 9.78 Å². The van der Waals surface area contributed by atoms with Gasteiger partial charge in [-0.3, -0.25) is 14.9 Å². The van der Waals surface area contributed by atoms with Crippen LogP contribution < -0.4 is 11.1 Å². The number of nitrogens with one attached hydrogen (secondary N) is 1. The number of amides is 1. The van der Waals surface area contributed by atoms with E-state index in [1.807, 2.05) is 0 Å². The van der Waals surface area contributed by atoms with Crippen LogP contribution in [0.5, 0.6) is 0 Å². The van der Waals surface area contributed by atoms with Crippen LogP contribution in [0.15, 0.2) is 56.1 Å². The summed E-state index contributed by atoms with van der Waals surface area (Å²) in [6.07, 6.45) is 0. The highest BCUT2D eigenvalue weighted by Gasteiger charge is 2.15. The van der Waals surface area contributed by atoms with Gasteiger partial charge in [-0.2, -0.15) is 4.68 Å². The molecule has 1 N–H and O–H groups in total. The minimum atomic E-state index is -0.854. The minimum Gasteiger partial charge on any atom is -0.388 e. The summed E-state index contributed by atoms with van der Waals surface area (Å²) in [5.74, 6) is -1.95. The Kier molecular flexibility index (Phi) is 5.12. The van der Waals surface area contributed by atoms with Gasteiger partial charge in [-0.15, -0.1) is 5.10 Å². The first-order chi connectivity index (χ1) is 12.8. The topological polar surface area (TPSA) is 120 Å². The lowest BCUT2D eigenvalue weighted by atomic mass is 10.2. The maximum Gasteiger partial charge on any atom is 0.437 e. The molecule has 0 saturated heterocycles. The van der Waals surface area contributed by atoms with Gasteiger partial charge in [-0.1, -0.05) is 0 Å². The van der Waals surface area contributed by atoms with Crippen LogP contribution in [0.25, 0.3) is 11.5 Å². The van der Waals surface area contributed by atoms with E-state index in [2.05, 4.69) is 26.3 Å². The highest BCUT2D eigenvalue weighted by Crippen LogP contribution is 2.27. The molecule has 1 amide bonds. The molecule has 0 spiro atoms. The van der Waals surface area contributed by atoms with E-state index >= 15 is 0 Å². The Hall–Kier alpha value is -3.34. The molecule has 0 saturated carbocycles. The monoisotopic (exact) mass is 436 g/mol. The van der Waals surface area contributed by atoms with Gasteiger partial charge < -0.3 is 9.73 Å². The molecular weight excluding hydrogens is 427 g/mol. The number of halogens is 2. The molecule has 0 aliphatic rings. The molecule has 9 nitrogen and oxygen atoms in total. The fourth-order valence-electron chi connectivity index (χ4n) is 2.16. The second kappa shape index (κ2) is 7.50. The van der Waals surface area contributed by atoms with Crippen molar-refractivity contribution in [1.29, 1.82) is 0 Å². The predicted molar refractivity (Wildman–Crippen MR) is 95.6 cm³/mol. The van der Waals surface area contributed by atoms with Crippen molar-refractivity contribution >= 4 is 33.2 Å². The number of hydrogen-bond acceptors (Lipinski definition) is 6. The second-order valence-electron chi connectivity index (χ2n) is 5.31. The van der Waals surface area contributed by atoms with E-state index in [-0.39, 0.29) is 11.6 Å². The number of aromatic nitrogens is 2. The van der Waals surface area contributed by atoms with Crippen LogP contribution >= 0.6 is 15.9 Å². The Morgan fingerprint density at radius 1 is 1.30 bits per heavy atom. The number of rotatable bonds is 5. The zero-order valence-electron chi connectivity index (χ0n) is 13.4. The predicted octanol–water partition coefficient (Wildman–Crippen LogP) is 2.95. The van der Waals surface area contributed by atoms with Crippen molar-refractivity contribution in [2.24, 2.45) is 0 Å². The van der Waals surface area contributed by atoms with Crippen molar-refractivity contribution < 1.29 is 18.5 Å². The summed E-state index contributed by atoms with van der Waals surface area (Å²) in [5, 5.41) is 17.1. The quantitative estimate of drug-likeness (QED) is 0.484. The summed E-state index contributed by atoms with van der Waals surface area (Å²) < 4.78 is 19.0. The number of nitrogens with zero attached hydrogens (tertiary/aromatic N) is 3. The Morgan fingerprint density at radius 3 is 2.63 bits per heavy atom. The molecule has 0 radical (unpaired) electrons. The molecule has 0 aliphatic carbocycles. The summed E-state index contributed by atoms with van der Waals surface area (Å²) in [6.45, 7) is -0.438. The lowest BCUT2D eigenvalue weighted by Crippen LogP contribution is -2.26. The third kappa shape index (κ3) is 4.26. The van der Waals surface area contributed by atoms with Crippen LogP contribution in [0, 0.1) is 15.9 Å². The van der Waals surface area contributed by atoms with Crippen LogP contribution in [0.1, 0.15) is 0 Å². The van der Waals surface area contributed by atoms with E-state index in [0.29, 0.717) is 15.7 Å². The van der Waals surface area contributed by atoms with Crippen molar-refractivity contribution in [3.05, 3.63) is 73.4 Å². The summed E-state index contributed by atoms with van der Waals surface area (Å²) in [6, 6.07) is 8.98. The van der Waals surface area contributed by atoms with Crippen LogP contribution in [-0.2, 0) is 11.3 Å². The first-order valence-electron chi connectivity index (χ1n) is 7.41. The van der Waals surface area contributed by atoms with E-state index in [0.717, 1.165) is 4.68 Å². The molecule has 2 aromatic carbocycles. The van der Waals surface area contributed by atoms with Gasteiger partial charge in [0.2, 0.25) is 11.8 Å². The van der Waals surface area contributed by atoms with Gasteiger partial charge in [0.1, 0.15) is 12.4 Å². The molecule has 1 aromatic heterocycles. The van der Waals surface area contributed by atoms with E-state index in [9.17, 15) is 24.1 Å². The van der Waals surface area contributed by atoms with Crippen molar-refractivity contribution in [3.63, 3.8) is 0 Å². The molecule has 0 atom stereocenters.